The van der Waals surface area contributed by atoms with Crippen molar-refractivity contribution in [3.05, 3.63) is 34.6 Å². The van der Waals surface area contributed by atoms with Gasteiger partial charge in [0.1, 0.15) is 5.82 Å². The maximum absolute atomic E-state index is 12.6. The standard InChI is InChI=1S/C14H18N4O/c1-9(2)18-13(12-4-3-6-16-12)17-11-5-7-15-8-10(11)14(18)19/h5,7-9,12,16H,3-4,6H2,1-2H3/t12-/m1/s1. The number of aromatic nitrogens is 3. The fourth-order valence-corrected chi connectivity index (χ4v) is 2.71. The quantitative estimate of drug-likeness (QED) is 0.892. The van der Waals surface area contributed by atoms with Crippen LogP contribution >= 0.6 is 0 Å². The summed E-state index contributed by atoms with van der Waals surface area (Å²) >= 11 is 0. The number of nitrogens with one attached hydrogen (secondary N) is 1. The predicted octanol–water partition coefficient (Wildman–Crippen LogP) is 1.80. The number of hydrogen-bond acceptors (Lipinski definition) is 4. The number of pyridine rings is 1. The molecule has 1 saturated heterocycles. The largest absolute Gasteiger partial charge is 0.307 e. The molecule has 3 heterocycles. The van der Waals surface area contributed by atoms with Gasteiger partial charge in [-0.05, 0) is 39.3 Å². The van der Waals surface area contributed by atoms with E-state index in [0.717, 1.165) is 30.7 Å². The molecule has 0 bridgehead atoms. The number of rotatable bonds is 2. The van der Waals surface area contributed by atoms with Crippen LogP contribution in [0.2, 0.25) is 0 Å². The van der Waals surface area contributed by atoms with E-state index < -0.39 is 0 Å². The van der Waals surface area contributed by atoms with Crippen molar-refractivity contribution in [2.24, 2.45) is 0 Å². The van der Waals surface area contributed by atoms with E-state index in [1.807, 2.05) is 13.8 Å². The third-order valence-corrected chi connectivity index (χ3v) is 3.62. The van der Waals surface area contributed by atoms with Gasteiger partial charge in [-0.15, -0.1) is 0 Å². The van der Waals surface area contributed by atoms with Crippen molar-refractivity contribution in [2.45, 2.75) is 38.8 Å². The molecular formula is C14H18N4O. The minimum atomic E-state index is 0.0109. The fraction of sp³-hybridized carbons (Fsp3) is 0.500. The molecule has 100 valence electrons. The van der Waals surface area contributed by atoms with E-state index in [-0.39, 0.29) is 17.6 Å². The molecule has 2 aromatic heterocycles. The summed E-state index contributed by atoms with van der Waals surface area (Å²) in [4.78, 5) is 21.3. The van der Waals surface area contributed by atoms with Gasteiger partial charge in [-0.3, -0.25) is 14.3 Å². The number of nitrogens with zero attached hydrogens (tertiary/aromatic N) is 3. The molecule has 3 rings (SSSR count). The summed E-state index contributed by atoms with van der Waals surface area (Å²) in [5.41, 5.74) is 0.748. The third-order valence-electron chi connectivity index (χ3n) is 3.62. The van der Waals surface area contributed by atoms with Gasteiger partial charge in [-0.25, -0.2) is 4.98 Å². The van der Waals surface area contributed by atoms with Crippen LogP contribution in [0.3, 0.4) is 0 Å². The molecule has 0 saturated carbocycles. The zero-order valence-electron chi connectivity index (χ0n) is 11.3. The Bertz CT molecular complexity index is 656. The zero-order valence-corrected chi connectivity index (χ0v) is 11.3. The van der Waals surface area contributed by atoms with Crippen molar-refractivity contribution in [3.8, 4) is 0 Å². The smallest absolute Gasteiger partial charge is 0.263 e. The van der Waals surface area contributed by atoms with E-state index in [1.165, 1.54) is 0 Å². The van der Waals surface area contributed by atoms with Crippen LogP contribution in [-0.2, 0) is 0 Å². The Morgan fingerprint density at radius 1 is 1.47 bits per heavy atom. The van der Waals surface area contributed by atoms with Crippen molar-refractivity contribution in [1.29, 1.82) is 0 Å². The van der Waals surface area contributed by atoms with Crippen LogP contribution in [0.4, 0.5) is 0 Å². The van der Waals surface area contributed by atoms with Crippen LogP contribution in [0.15, 0.2) is 23.3 Å². The molecule has 0 aliphatic carbocycles. The molecule has 5 nitrogen and oxygen atoms in total. The normalized spacial score (nSPS) is 19.4. The van der Waals surface area contributed by atoms with Gasteiger partial charge < -0.3 is 5.32 Å². The highest BCUT2D eigenvalue weighted by Gasteiger charge is 2.23. The van der Waals surface area contributed by atoms with Gasteiger partial charge in [0.25, 0.3) is 5.56 Å². The fourth-order valence-electron chi connectivity index (χ4n) is 2.71. The molecule has 19 heavy (non-hydrogen) atoms. The Morgan fingerprint density at radius 2 is 2.32 bits per heavy atom. The molecule has 1 fully saturated rings. The molecule has 2 aromatic rings. The predicted molar refractivity (Wildman–Crippen MR) is 74.2 cm³/mol. The lowest BCUT2D eigenvalue weighted by Crippen LogP contribution is -2.31. The van der Waals surface area contributed by atoms with Crippen molar-refractivity contribution >= 4 is 10.9 Å². The first kappa shape index (κ1) is 12.3. The second-order valence-electron chi connectivity index (χ2n) is 5.28. The highest BCUT2D eigenvalue weighted by molar-refractivity contribution is 5.76. The Kier molecular flexibility index (Phi) is 3.06. The summed E-state index contributed by atoms with van der Waals surface area (Å²) in [6.07, 6.45) is 5.46. The van der Waals surface area contributed by atoms with Crippen LogP contribution < -0.4 is 10.9 Å². The maximum atomic E-state index is 12.6. The Hall–Kier alpha value is -1.75. The van der Waals surface area contributed by atoms with E-state index in [1.54, 1.807) is 23.0 Å². The highest BCUT2D eigenvalue weighted by atomic mass is 16.1. The molecule has 0 unspecified atom stereocenters. The average Bonchev–Trinajstić information content (AvgIpc) is 2.92. The van der Waals surface area contributed by atoms with Crippen LogP contribution in [0, 0.1) is 0 Å². The highest BCUT2D eigenvalue weighted by Crippen LogP contribution is 2.23. The molecule has 0 radical (unpaired) electrons. The first-order valence-corrected chi connectivity index (χ1v) is 6.78. The summed E-state index contributed by atoms with van der Waals surface area (Å²) < 4.78 is 1.80. The van der Waals surface area contributed by atoms with Crippen molar-refractivity contribution in [2.75, 3.05) is 6.54 Å². The van der Waals surface area contributed by atoms with Crippen LogP contribution in [0.5, 0.6) is 0 Å². The third kappa shape index (κ3) is 2.04. The summed E-state index contributed by atoms with van der Waals surface area (Å²) in [6.45, 7) is 5.03. The summed E-state index contributed by atoms with van der Waals surface area (Å²) in [6, 6.07) is 2.09. The van der Waals surface area contributed by atoms with Gasteiger partial charge in [0.2, 0.25) is 0 Å². The molecule has 1 aliphatic rings. The van der Waals surface area contributed by atoms with Gasteiger partial charge >= 0.3 is 0 Å². The Balaban J connectivity index is 2.29. The molecule has 1 aliphatic heterocycles. The van der Waals surface area contributed by atoms with Crippen LogP contribution in [-0.4, -0.2) is 21.1 Å². The lowest BCUT2D eigenvalue weighted by molar-refractivity contribution is 0.485. The molecule has 0 aromatic carbocycles. The molecule has 0 spiro atoms. The lowest BCUT2D eigenvalue weighted by Gasteiger charge is -2.20. The van der Waals surface area contributed by atoms with E-state index in [4.69, 9.17) is 4.98 Å². The zero-order chi connectivity index (χ0) is 13.4. The first-order valence-electron chi connectivity index (χ1n) is 6.78. The average molecular weight is 258 g/mol. The minimum absolute atomic E-state index is 0.0109. The second-order valence-corrected chi connectivity index (χ2v) is 5.28. The molecular weight excluding hydrogens is 240 g/mol. The van der Waals surface area contributed by atoms with E-state index in [2.05, 4.69) is 10.3 Å². The van der Waals surface area contributed by atoms with Crippen LogP contribution in [0.25, 0.3) is 10.9 Å². The summed E-state index contributed by atoms with van der Waals surface area (Å²) in [7, 11) is 0. The topological polar surface area (TPSA) is 59.8 Å². The SMILES string of the molecule is CC(C)n1c([C@H]2CCCN2)nc2ccncc2c1=O. The maximum Gasteiger partial charge on any atom is 0.263 e. The molecule has 5 heteroatoms. The summed E-state index contributed by atoms with van der Waals surface area (Å²) in [5.74, 6) is 0.858. The molecule has 1 atom stereocenters. The van der Waals surface area contributed by atoms with Gasteiger partial charge in [0.05, 0.1) is 16.9 Å². The van der Waals surface area contributed by atoms with Gasteiger partial charge in [-0.1, -0.05) is 0 Å². The van der Waals surface area contributed by atoms with Crippen molar-refractivity contribution in [1.82, 2.24) is 19.9 Å². The lowest BCUT2D eigenvalue weighted by atomic mass is 10.2. The van der Waals surface area contributed by atoms with Gasteiger partial charge in [-0.2, -0.15) is 0 Å². The first-order chi connectivity index (χ1) is 9.18. The van der Waals surface area contributed by atoms with Crippen LogP contribution in [0.1, 0.15) is 44.6 Å². The van der Waals surface area contributed by atoms with Gasteiger partial charge in [0.15, 0.2) is 0 Å². The minimum Gasteiger partial charge on any atom is -0.307 e. The Labute approximate surface area is 111 Å². The number of fused-ring (bicyclic) bond motifs is 1. The van der Waals surface area contributed by atoms with Gasteiger partial charge in [0, 0.05) is 18.4 Å². The van der Waals surface area contributed by atoms with E-state index in [9.17, 15) is 4.79 Å². The molecule has 0 amide bonds. The van der Waals surface area contributed by atoms with Crippen molar-refractivity contribution in [3.63, 3.8) is 0 Å². The van der Waals surface area contributed by atoms with Crippen molar-refractivity contribution < 1.29 is 0 Å². The molecule has 1 N–H and O–H groups in total. The summed E-state index contributed by atoms with van der Waals surface area (Å²) in [5, 5.41) is 4.02. The number of hydrogen-bond donors (Lipinski definition) is 1. The second kappa shape index (κ2) is 4.74. The Morgan fingerprint density at radius 3 is 3.00 bits per heavy atom. The van der Waals surface area contributed by atoms with E-state index in [0.29, 0.717) is 5.39 Å². The monoisotopic (exact) mass is 258 g/mol. The van der Waals surface area contributed by atoms with E-state index >= 15 is 0 Å².